The maximum absolute atomic E-state index is 12.5. The fraction of sp³-hybridized carbons (Fsp3) is 0.227. The van der Waals surface area contributed by atoms with Gasteiger partial charge in [-0.3, -0.25) is 4.79 Å². The molecule has 4 nitrogen and oxygen atoms in total. The molecule has 0 bridgehead atoms. The number of amides is 1. The van der Waals surface area contributed by atoms with Gasteiger partial charge < -0.3 is 5.32 Å². The Morgan fingerprint density at radius 1 is 1.07 bits per heavy atom. The monoisotopic (exact) mass is 405 g/mol. The molecule has 1 aliphatic carbocycles. The molecule has 0 aliphatic heterocycles. The van der Waals surface area contributed by atoms with Crippen LogP contribution in [0.25, 0.3) is 21.0 Å². The molecule has 140 valence electrons. The largest absolute Gasteiger partial charge is 0.325 e. The summed E-state index contributed by atoms with van der Waals surface area (Å²) < 4.78 is 0. The first-order valence-corrected chi connectivity index (χ1v) is 11.2. The summed E-state index contributed by atoms with van der Waals surface area (Å²) in [6.07, 6.45) is 6.33. The Balaban J connectivity index is 1.33. The van der Waals surface area contributed by atoms with Gasteiger partial charge in [0.05, 0.1) is 5.75 Å². The van der Waals surface area contributed by atoms with Gasteiger partial charge >= 0.3 is 0 Å². The molecule has 0 saturated carbocycles. The first-order chi connectivity index (χ1) is 13.8. The molecule has 1 aliphatic rings. The molecule has 4 aromatic rings. The second kappa shape index (κ2) is 7.53. The number of rotatable bonds is 4. The van der Waals surface area contributed by atoms with Crippen molar-refractivity contribution in [2.45, 2.75) is 30.7 Å². The smallest absolute Gasteiger partial charge is 0.234 e. The van der Waals surface area contributed by atoms with Gasteiger partial charge in [-0.25, -0.2) is 9.97 Å². The van der Waals surface area contributed by atoms with Crippen LogP contribution in [0.5, 0.6) is 0 Å². The number of nitrogens with one attached hydrogen (secondary N) is 1. The van der Waals surface area contributed by atoms with E-state index in [2.05, 4.69) is 27.4 Å². The van der Waals surface area contributed by atoms with Crippen molar-refractivity contribution in [2.24, 2.45) is 0 Å². The fourth-order valence-electron chi connectivity index (χ4n) is 3.77. The minimum Gasteiger partial charge on any atom is -0.325 e. The zero-order valence-electron chi connectivity index (χ0n) is 15.3. The predicted molar refractivity (Wildman–Crippen MR) is 117 cm³/mol. The van der Waals surface area contributed by atoms with Crippen LogP contribution in [-0.4, -0.2) is 21.6 Å². The van der Waals surface area contributed by atoms with Gasteiger partial charge in [-0.15, -0.1) is 11.3 Å². The molecule has 28 heavy (non-hydrogen) atoms. The quantitative estimate of drug-likeness (QED) is 0.362. The van der Waals surface area contributed by atoms with Crippen LogP contribution in [0.1, 0.15) is 23.3 Å². The van der Waals surface area contributed by atoms with Gasteiger partial charge in [0.2, 0.25) is 5.91 Å². The van der Waals surface area contributed by atoms with Gasteiger partial charge in [0.1, 0.15) is 16.2 Å². The van der Waals surface area contributed by atoms with E-state index in [0.29, 0.717) is 5.75 Å². The number of benzene rings is 2. The number of anilines is 1. The maximum atomic E-state index is 12.5. The van der Waals surface area contributed by atoms with E-state index < -0.39 is 0 Å². The first kappa shape index (κ1) is 17.6. The standard InChI is InChI=1S/C22H19N3OS2/c26-19(25-16-10-9-14-5-1-2-6-15(14)11-16)12-27-21-20-17-7-3-4-8-18(17)28-22(20)24-13-23-21/h1-2,5-6,9-11,13H,3-4,7-8,12H2,(H,25,26). The van der Waals surface area contributed by atoms with E-state index in [0.717, 1.165) is 33.8 Å². The topological polar surface area (TPSA) is 54.9 Å². The number of nitrogens with zero attached hydrogens (tertiary/aromatic N) is 2. The number of thiophene rings is 1. The van der Waals surface area contributed by atoms with Crippen LogP contribution in [0, 0.1) is 0 Å². The van der Waals surface area contributed by atoms with E-state index in [-0.39, 0.29) is 5.91 Å². The molecule has 2 aromatic heterocycles. The average Bonchev–Trinajstić information content (AvgIpc) is 3.11. The molecule has 0 radical (unpaired) electrons. The number of fused-ring (bicyclic) bond motifs is 4. The van der Waals surface area contributed by atoms with Gasteiger partial charge in [0.25, 0.3) is 0 Å². The summed E-state index contributed by atoms with van der Waals surface area (Å²) in [6.45, 7) is 0. The number of carbonyl (C=O) groups excluding carboxylic acids is 1. The number of aryl methyl sites for hydroxylation is 2. The maximum Gasteiger partial charge on any atom is 0.234 e. The number of thioether (sulfide) groups is 1. The van der Waals surface area contributed by atoms with E-state index in [1.165, 1.54) is 45.8 Å². The highest BCUT2D eigenvalue weighted by molar-refractivity contribution is 8.00. The molecule has 6 heteroatoms. The van der Waals surface area contributed by atoms with Crippen molar-refractivity contribution in [3.63, 3.8) is 0 Å². The van der Waals surface area contributed by atoms with Crippen LogP contribution in [0.2, 0.25) is 0 Å². The summed E-state index contributed by atoms with van der Waals surface area (Å²) in [5.74, 6) is 0.319. The Morgan fingerprint density at radius 3 is 2.86 bits per heavy atom. The molecule has 2 aromatic carbocycles. The molecule has 0 atom stereocenters. The van der Waals surface area contributed by atoms with E-state index in [1.54, 1.807) is 17.7 Å². The lowest BCUT2D eigenvalue weighted by atomic mass is 9.97. The Labute approximate surface area is 171 Å². The Kier molecular flexibility index (Phi) is 4.74. The molecule has 5 rings (SSSR count). The van der Waals surface area contributed by atoms with E-state index in [4.69, 9.17) is 0 Å². The molecule has 0 spiro atoms. The Bertz CT molecular complexity index is 1190. The van der Waals surface area contributed by atoms with Crippen molar-refractivity contribution in [2.75, 3.05) is 11.1 Å². The zero-order valence-corrected chi connectivity index (χ0v) is 16.9. The second-order valence-corrected chi connectivity index (χ2v) is 9.02. The number of hydrogen-bond acceptors (Lipinski definition) is 5. The lowest BCUT2D eigenvalue weighted by molar-refractivity contribution is -0.113. The van der Waals surface area contributed by atoms with Gasteiger partial charge in [0, 0.05) is 16.0 Å². The lowest BCUT2D eigenvalue weighted by Gasteiger charge is -2.11. The molecular formula is C22H19N3OS2. The van der Waals surface area contributed by atoms with Crippen LogP contribution in [-0.2, 0) is 17.6 Å². The molecule has 2 heterocycles. The summed E-state index contributed by atoms with van der Waals surface area (Å²) in [4.78, 5) is 24.0. The number of aromatic nitrogens is 2. The summed E-state index contributed by atoms with van der Waals surface area (Å²) in [7, 11) is 0. The number of carbonyl (C=O) groups is 1. The molecule has 0 unspecified atom stereocenters. The number of hydrogen-bond donors (Lipinski definition) is 1. The SMILES string of the molecule is O=C(CSc1ncnc2sc3c(c12)CCCC3)Nc1ccc2ccccc2c1. The molecular weight excluding hydrogens is 386 g/mol. The van der Waals surface area contributed by atoms with Crippen molar-refractivity contribution >= 4 is 55.7 Å². The molecule has 1 amide bonds. The highest BCUT2D eigenvalue weighted by Gasteiger charge is 2.20. The van der Waals surface area contributed by atoms with Crippen LogP contribution in [0.15, 0.2) is 53.8 Å². The van der Waals surface area contributed by atoms with Crippen molar-refractivity contribution in [3.8, 4) is 0 Å². The van der Waals surface area contributed by atoms with Gasteiger partial charge in [0.15, 0.2) is 0 Å². The fourth-order valence-corrected chi connectivity index (χ4v) is 5.89. The van der Waals surface area contributed by atoms with E-state index in [9.17, 15) is 4.79 Å². The molecule has 0 fully saturated rings. The average molecular weight is 406 g/mol. The Hall–Kier alpha value is -2.44. The van der Waals surface area contributed by atoms with E-state index >= 15 is 0 Å². The third-order valence-electron chi connectivity index (χ3n) is 5.09. The van der Waals surface area contributed by atoms with Crippen molar-refractivity contribution in [1.82, 2.24) is 9.97 Å². The summed E-state index contributed by atoms with van der Waals surface area (Å²) in [6, 6.07) is 14.1. The van der Waals surface area contributed by atoms with Gasteiger partial charge in [-0.2, -0.15) is 0 Å². The lowest BCUT2D eigenvalue weighted by Crippen LogP contribution is -2.14. The van der Waals surface area contributed by atoms with Crippen molar-refractivity contribution < 1.29 is 4.79 Å². The van der Waals surface area contributed by atoms with Crippen LogP contribution < -0.4 is 5.32 Å². The summed E-state index contributed by atoms with van der Waals surface area (Å²) in [5, 5.41) is 7.40. The van der Waals surface area contributed by atoms with Crippen molar-refractivity contribution in [1.29, 1.82) is 0 Å². The van der Waals surface area contributed by atoms with Crippen LogP contribution in [0.4, 0.5) is 5.69 Å². The molecule has 1 N–H and O–H groups in total. The first-order valence-electron chi connectivity index (χ1n) is 9.44. The molecule has 0 saturated heterocycles. The van der Waals surface area contributed by atoms with E-state index in [1.807, 2.05) is 30.3 Å². The Morgan fingerprint density at radius 2 is 1.93 bits per heavy atom. The van der Waals surface area contributed by atoms with Crippen LogP contribution >= 0.6 is 23.1 Å². The van der Waals surface area contributed by atoms with Gasteiger partial charge in [-0.05, 0) is 54.2 Å². The van der Waals surface area contributed by atoms with Crippen molar-refractivity contribution in [3.05, 3.63) is 59.2 Å². The summed E-state index contributed by atoms with van der Waals surface area (Å²) >= 11 is 3.29. The normalized spacial score (nSPS) is 13.6. The second-order valence-electron chi connectivity index (χ2n) is 6.97. The zero-order chi connectivity index (χ0) is 18.9. The highest BCUT2D eigenvalue weighted by atomic mass is 32.2. The predicted octanol–water partition coefficient (Wildman–Crippen LogP) is 5.45. The minimum atomic E-state index is -0.0175. The summed E-state index contributed by atoms with van der Waals surface area (Å²) in [5.41, 5.74) is 2.23. The third-order valence-corrected chi connectivity index (χ3v) is 7.28. The minimum absolute atomic E-state index is 0.0175. The van der Waals surface area contributed by atoms with Gasteiger partial charge in [-0.1, -0.05) is 42.1 Å². The van der Waals surface area contributed by atoms with Crippen LogP contribution in [0.3, 0.4) is 0 Å². The third kappa shape index (κ3) is 3.38. The highest BCUT2D eigenvalue weighted by Crippen LogP contribution is 2.39.